The Balaban J connectivity index is 0. The molecule has 2 rings (SSSR count). The number of amides is 2. The van der Waals surface area contributed by atoms with Crippen molar-refractivity contribution in [2.45, 2.75) is 97.9 Å². The number of hydrazine groups is 1. The maximum absolute atomic E-state index is 10.9. The van der Waals surface area contributed by atoms with Crippen LogP contribution in [0.4, 0.5) is 4.79 Å². The highest BCUT2D eigenvalue weighted by molar-refractivity contribution is 5.73. The fourth-order valence-electron chi connectivity index (χ4n) is 4.13. The van der Waals surface area contributed by atoms with Crippen molar-refractivity contribution in [2.75, 3.05) is 13.1 Å². The van der Waals surface area contributed by atoms with E-state index in [1.807, 2.05) is 27.6 Å². The number of unbranched alkanes of at least 4 members (excludes halogenated alkanes) is 2. The molecule has 1 aliphatic carbocycles. The van der Waals surface area contributed by atoms with Gasteiger partial charge in [0.15, 0.2) is 0 Å². The van der Waals surface area contributed by atoms with Gasteiger partial charge in [-0.25, -0.2) is 10.6 Å². The van der Waals surface area contributed by atoms with Crippen molar-refractivity contribution < 1.29 is 9.59 Å². The predicted molar refractivity (Wildman–Crippen MR) is 155 cm³/mol. The van der Waals surface area contributed by atoms with E-state index in [0.717, 1.165) is 25.3 Å². The first-order valence-electron chi connectivity index (χ1n) is 13.7. The van der Waals surface area contributed by atoms with Crippen molar-refractivity contribution >= 4 is 12.8 Å². The molecular weight excluding hydrogens is 448 g/mol. The van der Waals surface area contributed by atoms with E-state index in [1.54, 1.807) is 11.0 Å². The van der Waals surface area contributed by atoms with E-state index in [-0.39, 0.29) is 6.03 Å². The lowest BCUT2D eigenvalue weighted by Crippen LogP contribution is -2.43. The molecule has 1 saturated carbocycles. The monoisotopic (exact) mass is 502 g/mol. The summed E-state index contributed by atoms with van der Waals surface area (Å²) in [4.78, 5) is 20.5. The second-order valence-corrected chi connectivity index (χ2v) is 8.73. The molecule has 0 spiro atoms. The van der Waals surface area contributed by atoms with Crippen molar-refractivity contribution in [3.63, 3.8) is 0 Å². The Morgan fingerprint density at radius 3 is 2.28 bits per heavy atom. The standard InChI is InChI=1S/C20H31N.C7H15N3O.C2H6.CH2O/c1-18(21-17-20-15-9-4-10-16-20)11-5-2-6-12-19-13-7-3-8-14-19;1-3-5-10(6-4-2)7(11)9-8;2*1-2/h4,9-10,15-16,19,21H,1-3,5-8,11-14,17H2;3H,1,4-6,8H2,2H3,(H,9,11);1-2H3;1H2. The minimum atomic E-state index is -0.258. The Labute approximate surface area is 221 Å². The second-order valence-electron chi connectivity index (χ2n) is 8.73. The minimum Gasteiger partial charge on any atom is -0.385 e. The maximum Gasteiger partial charge on any atom is 0.331 e. The van der Waals surface area contributed by atoms with Crippen LogP contribution >= 0.6 is 0 Å². The molecule has 6 heteroatoms. The first kappa shape index (κ1) is 35.6. The number of rotatable bonds is 13. The van der Waals surface area contributed by atoms with Crippen molar-refractivity contribution in [3.8, 4) is 0 Å². The molecule has 1 aromatic rings. The summed E-state index contributed by atoms with van der Waals surface area (Å²) in [7, 11) is 0. The van der Waals surface area contributed by atoms with Crippen LogP contribution in [0.15, 0.2) is 55.3 Å². The number of allylic oxidation sites excluding steroid dienone is 1. The van der Waals surface area contributed by atoms with Gasteiger partial charge in [0.25, 0.3) is 0 Å². The van der Waals surface area contributed by atoms with Gasteiger partial charge in [0.05, 0.1) is 0 Å². The minimum absolute atomic E-state index is 0.258. The molecule has 0 unspecified atom stereocenters. The largest absolute Gasteiger partial charge is 0.385 e. The van der Waals surface area contributed by atoms with Crippen LogP contribution in [-0.4, -0.2) is 30.8 Å². The van der Waals surface area contributed by atoms with Gasteiger partial charge >= 0.3 is 6.03 Å². The number of nitrogens with zero attached hydrogens (tertiary/aromatic N) is 1. The lowest BCUT2D eigenvalue weighted by Gasteiger charge is -2.21. The first-order chi connectivity index (χ1) is 17.6. The number of carbonyl (C=O) groups excluding carboxylic acids is 2. The Bertz CT molecular complexity index is 646. The molecule has 0 heterocycles. The smallest absolute Gasteiger partial charge is 0.331 e. The van der Waals surface area contributed by atoms with Crippen molar-refractivity contribution in [1.82, 2.24) is 15.6 Å². The van der Waals surface area contributed by atoms with Gasteiger partial charge in [0.2, 0.25) is 0 Å². The molecular formula is C30H54N4O2. The summed E-state index contributed by atoms with van der Waals surface area (Å²) in [5.41, 5.74) is 4.59. The molecule has 1 aliphatic rings. The molecule has 2 amide bonds. The predicted octanol–water partition coefficient (Wildman–Crippen LogP) is 7.13. The van der Waals surface area contributed by atoms with E-state index in [9.17, 15) is 4.79 Å². The quantitative estimate of drug-likeness (QED) is 0.0880. The first-order valence-corrected chi connectivity index (χ1v) is 13.7. The van der Waals surface area contributed by atoms with Gasteiger partial charge in [0.1, 0.15) is 6.79 Å². The van der Waals surface area contributed by atoms with Crippen molar-refractivity contribution in [3.05, 3.63) is 60.8 Å². The third kappa shape index (κ3) is 19.7. The molecule has 4 N–H and O–H groups in total. The molecule has 6 nitrogen and oxygen atoms in total. The Morgan fingerprint density at radius 1 is 1.08 bits per heavy atom. The highest BCUT2D eigenvalue weighted by atomic mass is 16.2. The number of nitrogens with one attached hydrogen (secondary N) is 2. The van der Waals surface area contributed by atoms with Crippen LogP contribution in [0.5, 0.6) is 0 Å². The summed E-state index contributed by atoms with van der Waals surface area (Å²) in [5.74, 6) is 6.00. The van der Waals surface area contributed by atoms with Crippen LogP contribution in [-0.2, 0) is 11.3 Å². The van der Waals surface area contributed by atoms with Gasteiger partial charge in [-0.2, -0.15) is 0 Å². The highest BCUT2D eigenvalue weighted by Crippen LogP contribution is 2.28. The molecule has 206 valence electrons. The van der Waals surface area contributed by atoms with E-state index in [0.29, 0.717) is 13.1 Å². The summed E-state index contributed by atoms with van der Waals surface area (Å²) < 4.78 is 0. The molecule has 1 fully saturated rings. The molecule has 0 aliphatic heterocycles. The van der Waals surface area contributed by atoms with E-state index in [2.05, 4.69) is 54.2 Å². The molecule has 0 radical (unpaired) electrons. The number of hydrogen-bond acceptors (Lipinski definition) is 4. The van der Waals surface area contributed by atoms with Gasteiger partial charge in [-0.1, -0.05) is 115 Å². The average molecular weight is 503 g/mol. The molecule has 0 saturated heterocycles. The van der Waals surface area contributed by atoms with Gasteiger partial charge < -0.3 is 15.0 Å². The Hall–Kier alpha value is -2.60. The normalized spacial score (nSPS) is 12.2. The summed E-state index contributed by atoms with van der Waals surface area (Å²) >= 11 is 0. The molecule has 0 bridgehead atoms. The van der Waals surface area contributed by atoms with E-state index < -0.39 is 0 Å². The lowest BCUT2D eigenvalue weighted by molar-refractivity contribution is -0.0980. The van der Waals surface area contributed by atoms with Crippen LogP contribution in [0, 0.1) is 5.92 Å². The Kier molecular flexibility index (Phi) is 26.7. The topological polar surface area (TPSA) is 87.5 Å². The van der Waals surface area contributed by atoms with Crippen LogP contribution < -0.4 is 16.6 Å². The Morgan fingerprint density at radius 2 is 1.72 bits per heavy atom. The summed E-state index contributed by atoms with van der Waals surface area (Å²) in [6.07, 6.45) is 16.6. The summed E-state index contributed by atoms with van der Waals surface area (Å²) in [6.45, 7) is 17.8. The summed E-state index contributed by atoms with van der Waals surface area (Å²) in [5, 5.41) is 3.44. The SMILES string of the molecule is C=C(CCCCCC1CCCCC1)NCc1ccccc1.C=CCN(CCC)C(=O)NN.C=O.CC. The van der Waals surface area contributed by atoms with Crippen LogP contribution in [0.2, 0.25) is 0 Å². The van der Waals surface area contributed by atoms with Gasteiger partial charge in [-0.3, -0.25) is 5.43 Å². The molecule has 0 aromatic heterocycles. The van der Waals surface area contributed by atoms with Gasteiger partial charge in [0, 0.05) is 25.3 Å². The van der Waals surface area contributed by atoms with E-state index >= 15 is 0 Å². The second kappa shape index (κ2) is 27.0. The zero-order valence-electron chi connectivity index (χ0n) is 23.4. The van der Waals surface area contributed by atoms with Crippen LogP contribution in [0.25, 0.3) is 0 Å². The molecule has 36 heavy (non-hydrogen) atoms. The van der Waals surface area contributed by atoms with E-state index in [1.165, 1.54) is 69.0 Å². The molecule has 0 atom stereocenters. The van der Waals surface area contributed by atoms with Gasteiger partial charge in [-0.15, -0.1) is 6.58 Å². The average Bonchev–Trinajstić information content (AvgIpc) is 2.95. The lowest BCUT2D eigenvalue weighted by atomic mass is 9.85. The van der Waals surface area contributed by atoms with E-state index in [4.69, 9.17) is 10.6 Å². The fourth-order valence-corrected chi connectivity index (χ4v) is 4.13. The third-order valence-corrected chi connectivity index (χ3v) is 5.95. The number of hydrogen-bond donors (Lipinski definition) is 3. The zero-order chi connectivity index (χ0) is 27.4. The van der Waals surface area contributed by atoms with Crippen LogP contribution in [0.1, 0.15) is 97.0 Å². The fraction of sp³-hybridized carbons (Fsp3) is 0.600. The maximum atomic E-state index is 10.9. The van der Waals surface area contributed by atoms with Crippen LogP contribution in [0.3, 0.4) is 0 Å². The van der Waals surface area contributed by atoms with Gasteiger partial charge in [-0.05, 0) is 30.7 Å². The number of benzene rings is 1. The number of carbonyl (C=O) groups is 2. The van der Waals surface area contributed by atoms with Crippen molar-refractivity contribution in [1.29, 1.82) is 0 Å². The highest BCUT2D eigenvalue weighted by Gasteiger charge is 2.12. The zero-order valence-corrected chi connectivity index (χ0v) is 23.4. The van der Waals surface area contributed by atoms with Crippen molar-refractivity contribution in [2.24, 2.45) is 11.8 Å². The third-order valence-electron chi connectivity index (χ3n) is 5.95. The number of urea groups is 1. The number of nitrogens with two attached hydrogens (primary N) is 1. The molecule has 1 aromatic carbocycles. The summed E-state index contributed by atoms with van der Waals surface area (Å²) in [6, 6.07) is 10.3.